The Morgan fingerprint density at radius 3 is 2.58 bits per heavy atom. The summed E-state index contributed by atoms with van der Waals surface area (Å²) in [4.78, 5) is 12.2. The zero-order chi connectivity index (χ0) is 18.1. The molecule has 1 aliphatic carbocycles. The molecule has 6 nitrogen and oxygen atoms in total. The van der Waals surface area contributed by atoms with Crippen LogP contribution in [0.15, 0.2) is 17.2 Å². The summed E-state index contributed by atoms with van der Waals surface area (Å²) < 4.78 is 65.4. The minimum atomic E-state index is -4.26. The number of amides is 1. The zero-order valence-corrected chi connectivity index (χ0v) is 14.2. The first-order chi connectivity index (χ1) is 11.0. The van der Waals surface area contributed by atoms with Gasteiger partial charge < -0.3 is 9.88 Å². The predicted molar refractivity (Wildman–Crippen MR) is 80.9 cm³/mol. The molecule has 1 heterocycles. The van der Waals surface area contributed by atoms with Gasteiger partial charge in [-0.3, -0.25) is 4.79 Å². The first-order valence-electron chi connectivity index (χ1n) is 7.52. The fourth-order valence-electron chi connectivity index (χ4n) is 2.90. The van der Waals surface area contributed by atoms with Crippen molar-refractivity contribution in [3.63, 3.8) is 0 Å². The van der Waals surface area contributed by atoms with Crippen LogP contribution in [-0.2, 0) is 17.1 Å². The minimum Gasteiger partial charge on any atom is -0.348 e. The van der Waals surface area contributed by atoms with Gasteiger partial charge in [-0.05, 0) is 32.4 Å². The highest BCUT2D eigenvalue weighted by molar-refractivity contribution is 7.89. The van der Waals surface area contributed by atoms with Crippen LogP contribution in [0.5, 0.6) is 0 Å². The van der Waals surface area contributed by atoms with Gasteiger partial charge in [-0.2, -0.15) is 13.2 Å². The minimum absolute atomic E-state index is 0.0740. The molecular formula is C14H20F3N3O3S. The molecule has 1 fully saturated rings. The number of aromatic nitrogens is 1. The molecular weight excluding hydrogens is 347 g/mol. The van der Waals surface area contributed by atoms with Crippen LogP contribution >= 0.6 is 0 Å². The third-order valence-corrected chi connectivity index (χ3v) is 5.65. The van der Waals surface area contributed by atoms with Gasteiger partial charge >= 0.3 is 6.18 Å². The molecule has 2 atom stereocenters. The van der Waals surface area contributed by atoms with E-state index in [9.17, 15) is 26.4 Å². The summed E-state index contributed by atoms with van der Waals surface area (Å²) in [5.74, 6) is -1.99. The average Bonchev–Trinajstić information content (AvgIpc) is 2.89. The number of aryl methyl sites for hydroxylation is 1. The number of hydrogen-bond acceptors (Lipinski definition) is 3. The van der Waals surface area contributed by atoms with Gasteiger partial charge in [0.2, 0.25) is 10.0 Å². The van der Waals surface area contributed by atoms with E-state index >= 15 is 0 Å². The van der Waals surface area contributed by atoms with E-state index in [0.717, 1.165) is 0 Å². The van der Waals surface area contributed by atoms with Crippen molar-refractivity contribution in [2.75, 3.05) is 7.05 Å². The molecule has 0 aromatic carbocycles. The summed E-state index contributed by atoms with van der Waals surface area (Å²) in [7, 11) is -0.940. The first kappa shape index (κ1) is 18.8. The van der Waals surface area contributed by atoms with E-state index in [0.29, 0.717) is 12.8 Å². The Kier molecular flexibility index (Phi) is 5.28. The standard InChI is InChI=1S/C14H20F3N3O3S/c1-18-24(22,23)11-7-12(20(2)8-11)13(21)19-10-5-3-4-9(6-10)14(15,16)17/h7-10,18H,3-6H2,1-2H3,(H,19,21). The Hall–Kier alpha value is -1.55. The highest BCUT2D eigenvalue weighted by Gasteiger charge is 2.42. The lowest BCUT2D eigenvalue weighted by atomic mass is 9.85. The van der Waals surface area contributed by atoms with Gasteiger partial charge in [-0.25, -0.2) is 13.1 Å². The van der Waals surface area contributed by atoms with Crippen molar-refractivity contribution in [3.05, 3.63) is 18.0 Å². The number of rotatable bonds is 4. The predicted octanol–water partition coefficient (Wildman–Crippen LogP) is 1.78. The van der Waals surface area contributed by atoms with Gasteiger partial charge in [0, 0.05) is 19.3 Å². The summed E-state index contributed by atoms with van der Waals surface area (Å²) in [6, 6.07) is 0.628. The Morgan fingerprint density at radius 1 is 1.33 bits per heavy atom. The Labute approximate surface area is 138 Å². The number of carbonyl (C=O) groups is 1. The molecule has 0 radical (unpaired) electrons. The number of nitrogens with one attached hydrogen (secondary N) is 2. The molecule has 2 N–H and O–H groups in total. The Bertz CT molecular complexity index is 713. The summed E-state index contributed by atoms with van der Waals surface area (Å²) in [6.07, 6.45) is -2.19. The maximum atomic E-state index is 12.8. The number of hydrogen-bond donors (Lipinski definition) is 2. The van der Waals surface area contributed by atoms with Crippen LogP contribution in [0.25, 0.3) is 0 Å². The molecule has 2 rings (SSSR count). The van der Waals surface area contributed by atoms with Crippen LogP contribution in [0.2, 0.25) is 0 Å². The van der Waals surface area contributed by atoms with Crippen molar-refractivity contribution >= 4 is 15.9 Å². The quantitative estimate of drug-likeness (QED) is 0.851. The van der Waals surface area contributed by atoms with E-state index in [1.54, 1.807) is 0 Å². The monoisotopic (exact) mass is 367 g/mol. The van der Waals surface area contributed by atoms with Gasteiger partial charge in [0.1, 0.15) is 10.6 Å². The molecule has 0 aliphatic heterocycles. The Balaban J connectivity index is 2.10. The van der Waals surface area contributed by atoms with E-state index < -0.39 is 34.1 Å². The van der Waals surface area contributed by atoms with Gasteiger partial charge in [-0.15, -0.1) is 0 Å². The molecule has 1 aliphatic rings. The van der Waals surface area contributed by atoms with Crippen LogP contribution in [-0.4, -0.2) is 38.2 Å². The molecule has 1 aromatic heterocycles. The number of halogens is 3. The maximum absolute atomic E-state index is 12.8. The second-order valence-corrected chi connectivity index (χ2v) is 7.84. The summed E-state index contributed by atoms with van der Waals surface area (Å²) in [5.41, 5.74) is 0.0814. The van der Waals surface area contributed by atoms with E-state index in [4.69, 9.17) is 0 Å². The second-order valence-electron chi connectivity index (χ2n) is 5.96. The summed E-state index contributed by atoms with van der Waals surface area (Å²) >= 11 is 0. The van der Waals surface area contributed by atoms with Gasteiger partial charge in [0.15, 0.2) is 0 Å². The lowest BCUT2D eigenvalue weighted by molar-refractivity contribution is -0.183. The van der Waals surface area contributed by atoms with Crippen molar-refractivity contribution < 1.29 is 26.4 Å². The normalized spacial score (nSPS) is 22.4. The SMILES string of the molecule is CNS(=O)(=O)c1cc(C(=O)NC2CCCC(C(F)(F)F)C2)n(C)c1. The van der Waals surface area contributed by atoms with Crippen LogP contribution in [0.3, 0.4) is 0 Å². The highest BCUT2D eigenvalue weighted by atomic mass is 32.2. The van der Waals surface area contributed by atoms with Crippen LogP contribution in [0, 0.1) is 5.92 Å². The van der Waals surface area contributed by atoms with E-state index in [1.165, 1.54) is 30.9 Å². The molecule has 0 spiro atoms. The number of nitrogens with zero attached hydrogens (tertiary/aromatic N) is 1. The van der Waals surface area contributed by atoms with Crippen molar-refractivity contribution in [1.82, 2.24) is 14.6 Å². The molecule has 1 saturated carbocycles. The molecule has 2 unspecified atom stereocenters. The van der Waals surface area contributed by atoms with Crippen molar-refractivity contribution in [3.8, 4) is 0 Å². The zero-order valence-electron chi connectivity index (χ0n) is 13.4. The summed E-state index contributed by atoms with van der Waals surface area (Å²) in [5, 5.41) is 2.59. The third kappa shape index (κ3) is 4.10. The molecule has 1 amide bonds. The largest absolute Gasteiger partial charge is 0.391 e. The molecule has 1 aromatic rings. The van der Waals surface area contributed by atoms with E-state index in [-0.39, 0.29) is 23.4 Å². The van der Waals surface area contributed by atoms with Crippen molar-refractivity contribution in [1.29, 1.82) is 0 Å². The van der Waals surface area contributed by atoms with Crippen LogP contribution in [0.1, 0.15) is 36.2 Å². The Morgan fingerprint density at radius 2 is 2.00 bits per heavy atom. The topological polar surface area (TPSA) is 80.2 Å². The van der Waals surface area contributed by atoms with Crippen molar-refractivity contribution in [2.45, 2.75) is 42.8 Å². The number of carbonyl (C=O) groups excluding carboxylic acids is 1. The van der Waals surface area contributed by atoms with E-state index in [1.807, 2.05) is 0 Å². The van der Waals surface area contributed by atoms with Crippen LogP contribution < -0.4 is 10.0 Å². The lowest BCUT2D eigenvalue weighted by Crippen LogP contribution is -2.42. The smallest absolute Gasteiger partial charge is 0.348 e. The molecule has 10 heteroatoms. The van der Waals surface area contributed by atoms with Gasteiger partial charge in [0.25, 0.3) is 5.91 Å². The van der Waals surface area contributed by atoms with Gasteiger partial charge in [-0.1, -0.05) is 6.42 Å². The second kappa shape index (κ2) is 6.75. The van der Waals surface area contributed by atoms with Crippen molar-refractivity contribution in [2.24, 2.45) is 13.0 Å². The molecule has 0 saturated heterocycles. The van der Waals surface area contributed by atoms with Gasteiger partial charge in [0.05, 0.1) is 5.92 Å². The summed E-state index contributed by atoms with van der Waals surface area (Å²) in [6.45, 7) is 0. The number of sulfonamides is 1. The highest BCUT2D eigenvalue weighted by Crippen LogP contribution is 2.37. The first-order valence-corrected chi connectivity index (χ1v) is 9.00. The maximum Gasteiger partial charge on any atom is 0.391 e. The fourth-order valence-corrected chi connectivity index (χ4v) is 3.70. The third-order valence-electron chi connectivity index (χ3n) is 4.26. The van der Waals surface area contributed by atoms with Crippen LogP contribution in [0.4, 0.5) is 13.2 Å². The number of alkyl halides is 3. The molecule has 24 heavy (non-hydrogen) atoms. The fraction of sp³-hybridized carbons (Fsp3) is 0.643. The van der Waals surface area contributed by atoms with E-state index in [2.05, 4.69) is 10.0 Å². The lowest BCUT2D eigenvalue weighted by Gasteiger charge is -2.31. The molecule has 0 bridgehead atoms. The average molecular weight is 367 g/mol. The molecule has 136 valence electrons.